The molecule has 2 aromatic heterocycles. The van der Waals surface area contributed by atoms with Gasteiger partial charge in [0, 0.05) is 11.9 Å². The van der Waals surface area contributed by atoms with Gasteiger partial charge in [-0.25, -0.2) is 8.91 Å². The molecule has 0 fully saturated rings. The molecular formula is C12H7Cl2FN4. The number of rotatable bonds is 2. The van der Waals surface area contributed by atoms with Crippen molar-refractivity contribution in [2.75, 3.05) is 5.32 Å². The average Bonchev–Trinajstić information content (AvgIpc) is 2.75. The zero-order valence-electron chi connectivity index (χ0n) is 9.44. The van der Waals surface area contributed by atoms with E-state index in [-0.39, 0.29) is 5.02 Å². The molecule has 1 aromatic carbocycles. The molecule has 0 aliphatic heterocycles. The fraction of sp³-hybridized carbons (Fsp3) is 0. The van der Waals surface area contributed by atoms with Crippen molar-refractivity contribution in [1.82, 2.24) is 14.6 Å². The lowest BCUT2D eigenvalue weighted by atomic mass is 10.3. The lowest BCUT2D eigenvalue weighted by Gasteiger charge is -2.02. The number of nitrogens with zero attached hydrogens (tertiary/aromatic N) is 3. The average molecular weight is 297 g/mol. The Morgan fingerprint density at radius 1 is 1.16 bits per heavy atom. The van der Waals surface area contributed by atoms with E-state index in [9.17, 15) is 4.39 Å². The SMILES string of the molecule is Fc1ccc(Nc2nc3ccc(Cl)cn3n2)cc1Cl. The molecule has 7 heteroatoms. The summed E-state index contributed by atoms with van der Waals surface area (Å²) in [5, 5.41) is 7.74. The van der Waals surface area contributed by atoms with E-state index in [1.54, 1.807) is 28.9 Å². The smallest absolute Gasteiger partial charge is 0.247 e. The maximum Gasteiger partial charge on any atom is 0.247 e. The van der Waals surface area contributed by atoms with Crippen LogP contribution in [-0.4, -0.2) is 14.6 Å². The highest BCUT2D eigenvalue weighted by molar-refractivity contribution is 6.31. The second kappa shape index (κ2) is 4.68. The third-order valence-electron chi connectivity index (χ3n) is 2.47. The van der Waals surface area contributed by atoms with Crippen LogP contribution in [-0.2, 0) is 0 Å². The van der Waals surface area contributed by atoms with Gasteiger partial charge in [0.25, 0.3) is 0 Å². The second-order valence-corrected chi connectivity index (χ2v) is 4.68. The zero-order valence-corrected chi connectivity index (χ0v) is 11.0. The van der Waals surface area contributed by atoms with Crippen LogP contribution in [0.4, 0.5) is 16.0 Å². The Kier molecular flexibility index (Phi) is 3.00. The quantitative estimate of drug-likeness (QED) is 0.779. The molecule has 0 unspecified atom stereocenters. The van der Waals surface area contributed by atoms with Gasteiger partial charge in [0.1, 0.15) is 5.82 Å². The lowest BCUT2D eigenvalue weighted by molar-refractivity contribution is 0.628. The van der Waals surface area contributed by atoms with E-state index in [0.29, 0.717) is 22.3 Å². The first-order valence-corrected chi connectivity index (χ1v) is 6.11. The van der Waals surface area contributed by atoms with Crippen LogP contribution < -0.4 is 5.32 Å². The van der Waals surface area contributed by atoms with Crippen LogP contribution in [0.15, 0.2) is 36.5 Å². The minimum Gasteiger partial charge on any atom is -0.323 e. The highest BCUT2D eigenvalue weighted by Crippen LogP contribution is 2.21. The van der Waals surface area contributed by atoms with Gasteiger partial charge in [-0.05, 0) is 30.3 Å². The monoisotopic (exact) mass is 296 g/mol. The van der Waals surface area contributed by atoms with Gasteiger partial charge < -0.3 is 5.32 Å². The normalized spacial score (nSPS) is 10.9. The molecule has 3 rings (SSSR count). The Morgan fingerprint density at radius 2 is 2.00 bits per heavy atom. The molecular weight excluding hydrogens is 290 g/mol. The molecule has 0 aliphatic carbocycles. The summed E-state index contributed by atoms with van der Waals surface area (Å²) < 4.78 is 14.6. The molecule has 0 spiro atoms. The van der Waals surface area contributed by atoms with Gasteiger partial charge in [-0.1, -0.05) is 23.2 Å². The van der Waals surface area contributed by atoms with Gasteiger partial charge in [0.2, 0.25) is 5.95 Å². The van der Waals surface area contributed by atoms with Crippen molar-refractivity contribution >= 4 is 40.5 Å². The summed E-state index contributed by atoms with van der Waals surface area (Å²) in [5.74, 6) is -0.0908. The van der Waals surface area contributed by atoms with Crippen molar-refractivity contribution in [2.24, 2.45) is 0 Å². The number of benzene rings is 1. The van der Waals surface area contributed by atoms with Crippen molar-refractivity contribution in [3.05, 3.63) is 52.4 Å². The summed E-state index contributed by atoms with van der Waals surface area (Å²) >= 11 is 11.6. The Bertz CT molecular complexity index is 757. The van der Waals surface area contributed by atoms with E-state index in [2.05, 4.69) is 15.4 Å². The number of anilines is 2. The van der Waals surface area contributed by atoms with Crippen LogP contribution in [0.5, 0.6) is 0 Å². The summed E-state index contributed by atoms with van der Waals surface area (Å²) in [5.41, 5.74) is 1.26. The fourth-order valence-corrected chi connectivity index (χ4v) is 1.95. The maximum absolute atomic E-state index is 13.0. The molecule has 0 radical (unpaired) electrons. The maximum atomic E-state index is 13.0. The van der Waals surface area contributed by atoms with Gasteiger partial charge in [-0.3, -0.25) is 0 Å². The first-order valence-electron chi connectivity index (χ1n) is 5.36. The standard InChI is InChI=1S/C12H7Cl2FN4/c13-7-1-4-11-17-12(18-19(11)6-7)16-8-2-3-10(15)9(14)5-8/h1-6H,(H,16,18). The van der Waals surface area contributed by atoms with Crippen LogP contribution in [0.3, 0.4) is 0 Å². The largest absolute Gasteiger partial charge is 0.323 e. The molecule has 0 atom stereocenters. The van der Waals surface area contributed by atoms with Gasteiger partial charge in [0.05, 0.1) is 10.0 Å². The molecule has 2 heterocycles. The fourth-order valence-electron chi connectivity index (χ4n) is 1.61. The number of nitrogens with one attached hydrogen (secondary N) is 1. The van der Waals surface area contributed by atoms with E-state index in [4.69, 9.17) is 23.2 Å². The summed E-state index contributed by atoms with van der Waals surface area (Å²) in [7, 11) is 0. The van der Waals surface area contributed by atoms with Crippen LogP contribution in [0.25, 0.3) is 5.65 Å². The number of pyridine rings is 1. The first-order chi connectivity index (χ1) is 9.11. The number of hydrogen-bond donors (Lipinski definition) is 1. The van der Waals surface area contributed by atoms with Crippen molar-refractivity contribution in [3.8, 4) is 0 Å². The summed E-state index contributed by atoms with van der Waals surface area (Å²) in [6.45, 7) is 0. The molecule has 1 N–H and O–H groups in total. The van der Waals surface area contributed by atoms with Crippen LogP contribution >= 0.6 is 23.2 Å². The molecule has 0 aliphatic rings. The van der Waals surface area contributed by atoms with Crippen molar-refractivity contribution in [3.63, 3.8) is 0 Å². The Hall–Kier alpha value is -1.85. The highest BCUT2D eigenvalue weighted by Gasteiger charge is 2.06. The Morgan fingerprint density at radius 3 is 2.79 bits per heavy atom. The van der Waals surface area contributed by atoms with E-state index < -0.39 is 5.82 Å². The highest BCUT2D eigenvalue weighted by atomic mass is 35.5. The topological polar surface area (TPSA) is 42.2 Å². The number of fused-ring (bicyclic) bond motifs is 1. The molecule has 19 heavy (non-hydrogen) atoms. The van der Waals surface area contributed by atoms with Crippen LogP contribution in [0, 0.1) is 5.82 Å². The third kappa shape index (κ3) is 2.47. The van der Waals surface area contributed by atoms with Crippen molar-refractivity contribution in [1.29, 1.82) is 0 Å². The molecule has 3 aromatic rings. The molecule has 4 nitrogen and oxygen atoms in total. The molecule has 0 bridgehead atoms. The second-order valence-electron chi connectivity index (χ2n) is 3.84. The van der Waals surface area contributed by atoms with E-state index in [1.807, 2.05) is 0 Å². The van der Waals surface area contributed by atoms with Crippen molar-refractivity contribution in [2.45, 2.75) is 0 Å². The van der Waals surface area contributed by atoms with Gasteiger partial charge >= 0.3 is 0 Å². The van der Waals surface area contributed by atoms with Gasteiger partial charge in [-0.15, -0.1) is 5.10 Å². The first kappa shape index (κ1) is 12.2. The number of aromatic nitrogens is 3. The molecule has 0 saturated carbocycles. The molecule has 0 amide bonds. The van der Waals surface area contributed by atoms with Crippen LogP contribution in [0.2, 0.25) is 10.0 Å². The Labute approximate surface area is 117 Å². The van der Waals surface area contributed by atoms with Gasteiger partial charge in [-0.2, -0.15) is 4.98 Å². The lowest BCUT2D eigenvalue weighted by Crippen LogP contribution is -1.93. The third-order valence-corrected chi connectivity index (χ3v) is 2.98. The molecule has 96 valence electrons. The van der Waals surface area contributed by atoms with E-state index in [0.717, 1.165) is 0 Å². The minimum atomic E-state index is -0.470. The Balaban J connectivity index is 1.94. The van der Waals surface area contributed by atoms with E-state index in [1.165, 1.54) is 12.1 Å². The predicted molar refractivity (Wildman–Crippen MR) is 72.7 cm³/mol. The summed E-state index contributed by atoms with van der Waals surface area (Å²) in [4.78, 5) is 4.25. The number of halogens is 3. The zero-order chi connectivity index (χ0) is 13.4. The molecule has 0 saturated heterocycles. The van der Waals surface area contributed by atoms with Crippen LogP contribution in [0.1, 0.15) is 0 Å². The van der Waals surface area contributed by atoms with Gasteiger partial charge in [0.15, 0.2) is 5.65 Å². The predicted octanol–water partition coefficient (Wildman–Crippen LogP) is 3.92. The summed E-state index contributed by atoms with van der Waals surface area (Å²) in [6.07, 6.45) is 1.65. The summed E-state index contributed by atoms with van der Waals surface area (Å²) in [6, 6.07) is 7.77. The minimum absolute atomic E-state index is 0.0387. The van der Waals surface area contributed by atoms with Crippen molar-refractivity contribution < 1.29 is 4.39 Å². The van der Waals surface area contributed by atoms with E-state index >= 15 is 0 Å². The number of hydrogen-bond acceptors (Lipinski definition) is 3.